The lowest BCUT2D eigenvalue weighted by Gasteiger charge is -2.26. The normalized spacial score (nSPS) is 16.9. The molecule has 0 aliphatic carbocycles. The summed E-state index contributed by atoms with van der Waals surface area (Å²) in [5, 5.41) is 19.3. The molecule has 1 atom stereocenters. The van der Waals surface area contributed by atoms with Crippen molar-refractivity contribution in [2.45, 2.75) is 5.92 Å². The van der Waals surface area contributed by atoms with E-state index >= 15 is 0 Å². The number of benzene rings is 1. The van der Waals surface area contributed by atoms with E-state index in [0.717, 1.165) is 5.56 Å². The molecular weight excluding hydrogens is 290 g/mol. The van der Waals surface area contributed by atoms with E-state index in [1.54, 1.807) is 24.5 Å². The average molecular weight is 300 g/mol. The molecule has 0 radical (unpaired) electrons. The maximum atomic E-state index is 9.70. The molecule has 104 valence electrons. The van der Waals surface area contributed by atoms with Crippen molar-refractivity contribution in [1.29, 1.82) is 5.26 Å². The summed E-state index contributed by atoms with van der Waals surface area (Å²) >= 11 is 5.97. The minimum Gasteiger partial charge on any atom is -0.506 e. The lowest BCUT2D eigenvalue weighted by Crippen LogP contribution is -2.21. The monoisotopic (exact) mass is 299 g/mol. The van der Waals surface area contributed by atoms with Crippen molar-refractivity contribution < 1.29 is 9.84 Å². The van der Waals surface area contributed by atoms with Crippen molar-refractivity contribution in [3.05, 3.63) is 64.3 Å². The van der Waals surface area contributed by atoms with Gasteiger partial charge in [-0.3, -0.25) is 4.98 Å². The third-order valence-electron chi connectivity index (χ3n) is 3.30. The zero-order chi connectivity index (χ0) is 15.0. The molecule has 0 fully saturated rings. The van der Waals surface area contributed by atoms with Gasteiger partial charge >= 0.3 is 0 Å². The number of pyridine rings is 1. The fourth-order valence-electron chi connectivity index (χ4n) is 2.36. The number of fused-ring (bicyclic) bond motifs is 1. The molecule has 2 heterocycles. The van der Waals surface area contributed by atoms with E-state index in [1.807, 2.05) is 6.07 Å². The summed E-state index contributed by atoms with van der Waals surface area (Å²) < 4.78 is 5.42. The van der Waals surface area contributed by atoms with E-state index in [9.17, 15) is 10.4 Å². The van der Waals surface area contributed by atoms with Crippen LogP contribution >= 0.6 is 11.6 Å². The highest BCUT2D eigenvalue weighted by atomic mass is 35.5. The molecule has 1 aromatic carbocycles. The van der Waals surface area contributed by atoms with Crippen molar-refractivity contribution >= 4 is 11.6 Å². The summed E-state index contributed by atoms with van der Waals surface area (Å²) in [5.41, 5.74) is 7.57. The van der Waals surface area contributed by atoms with Gasteiger partial charge < -0.3 is 15.6 Å². The minimum atomic E-state index is -0.425. The Morgan fingerprint density at radius 2 is 2.24 bits per heavy atom. The van der Waals surface area contributed by atoms with Crippen LogP contribution in [0.5, 0.6) is 11.5 Å². The number of nitrogens with zero attached hydrogens (tertiary/aromatic N) is 2. The van der Waals surface area contributed by atoms with Gasteiger partial charge in [0, 0.05) is 24.0 Å². The summed E-state index contributed by atoms with van der Waals surface area (Å²) in [6, 6.07) is 8.66. The number of aromatic hydroxyl groups is 1. The maximum absolute atomic E-state index is 9.70. The molecule has 5 nitrogen and oxygen atoms in total. The molecule has 0 saturated heterocycles. The second-order valence-corrected chi connectivity index (χ2v) is 4.96. The number of hydrogen-bond acceptors (Lipinski definition) is 5. The smallest absolute Gasteiger partial charge is 0.205 e. The molecule has 1 aromatic heterocycles. The Morgan fingerprint density at radius 3 is 2.90 bits per heavy atom. The fourth-order valence-corrected chi connectivity index (χ4v) is 2.53. The van der Waals surface area contributed by atoms with E-state index in [1.165, 1.54) is 6.07 Å². The van der Waals surface area contributed by atoms with Crippen LogP contribution in [0.1, 0.15) is 17.0 Å². The Balaban J connectivity index is 2.26. The molecule has 0 spiro atoms. The Labute approximate surface area is 125 Å². The van der Waals surface area contributed by atoms with Crippen LogP contribution < -0.4 is 10.5 Å². The second-order valence-electron chi connectivity index (χ2n) is 4.55. The number of rotatable bonds is 1. The lowest BCUT2D eigenvalue weighted by atomic mass is 9.84. The standard InChI is InChI=1S/C15H10ClN3O2/c16-11-4-9-13(5-12(11)20)21-15(18)10(6-17)14(9)8-2-1-3-19-7-8/h1-5,7,14,20H,18H2/t14-/m0/s1. The van der Waals surface area contributed by atoms with Gasteiger partial charge in [-0.05, 0) is 17.7 Å². The van der Waals surface area contributed by atoms with Gasteiger partial charge in [0.15, 0.2) is 0 Å². The molecule has 1 aliphatic rings. The fraction of sp³-hybridized carbons (Fsp3) is 0.0667. The van der Waals surface area contributed by atoms with E-state index < -0.39 is 5.92 Å². The van der Waals surface area contributed by atoms with Crippen LogP contribution in [0.2, 0.25) is 5.02 Å². The van der Waals surface area contributed by atoms with E-state index in [0.29, 0.717) is 11.3 Å². The van der Waals surface area contributed by atoms with E-state index in [-0.39, 0.29) is 22.2 Å². The van der Waals surface area contributed by atoms with Crippen LogP contribution in [0.15, 0.2) is 48.1 Å². The Morgan fingerprint density at radius 1 is 1.43 bits per heavy atom. The van der Waals surface area contributed by atoms with Crippen LogP contribution in [-0.2, 0) is 0 Å². The van der Waals surface area contributed by atoms with E-state index in [2.05, 4.69) is 11.1 Å². The summed E-state index contributed by atoms with van der Waals surface area (Å²) in [6.07, 6.45) is 3.30. The van der Waals surface area contributed by atoms with Gasteiger partial charge in [-0.15, -0.1) is 0 Å². The van der Waals surface area contributed by atoms with Crippen molar-refractivity contribution in [2.75, 3.05) is 0 Å². The number of hydrogen-bond donors (Lipinski definition) is 2. The average Bonchev–Trinajstić information content (AvgIpc) is 2.49. The first-order chi connectivity index (χ1) is 10.1. The predicted molar refractivity (Wildman–Crippen MR) is 76.7 cm³/mol. The second kappa shape index (κ2) is 5.00. The van der Waals surface area contributed by atoms with Crippen LogP contribution in [0.25, 0.3) is 0 Å². The van der Waals surface area contributed by atoms with Crippen molar-refractivity contribution in [3.8, 4) is 17.6 Å². The zero-order valence-corrected chi connectivity index (χ0v) is 11.5. The molecule has 2 aromatic rings. The first kappa shape index (κ1) is 13.3. The molecule has 6 heteroatoms. The minimum absolute atomic E-state index is 0.0144. The molecule has 3 N–H and O–H groups in total. The maximum Gasteiger partial charge on any atom is 0.205 e. The molecule has 0 saturated carbocycles. The Bertz CT molecular complexity index is 781. The number of phenols is 1. The molecule has 21 heavy (non-hydrogen) atoms. The first-order valence-corrected chi connectivity index (χ1v) is 6.49. The Kier molecular flexibility index (Phi) is 3.16. The van der Waals surface area contributed by atoms with Crippen LogP contribution in [0, 0.1) is 11.3 Å². The molecule has 0 amide bonds. The van der Waals surface area contributed by atoms with Crippen LogP contribution in [-0.4, -0.2) is 10.1 Å². The van der Waals surface area contributed by atoms with Gasteiger partial charge in [0.25, 0.3) is 0 Å². The number of aromatic nitrogens is 1. The van der Waals surface area contributed by atoms with Gasteiger partial charge in [-0.25, -0.2) is 0 Å². The SMILES string of the molecule is N#CC1=C(N)Oc2cc(O)c(Cl)cc2[C@@H]1c1cccnc1. The molecule has 3 rings (SSSR count). The highest BCUT2D eigenvalue weighted by molar-refractivity contribution is 6.32. The first-order valence-electron chi connectivity index (χ1n) is 6.11. The zero-order valence-electron chi connectivity index (χ0n) is 10.7. The van der Waals surface area contributed by atoms with Gasteiger partial charge in [0.05, 0.1) is 10.9 Å². The van der Waals surface area contributed by atoms with E-state index in [4.69, 9.17) is 22.1 Å². The van der Waals surface area contributed by atoms with Crippen LogP contribution in [0.4, 0.5) is 0 Å². The molecule has 1 aliphatic heterocycles. The third kappa shape index (κ3) is 2.16. The van der Waals surface area contributed by atoms with Crippen LogP contribution in [0.3, 0.4) is 0 Å². The van der Waals surface area contributed by atoms with Crippen molar-refractivity contribution in [2.24, 2.45) is 5.73 Å². The highest BCUT2D eigenvalue weighted by Gasteiger charge is 2.31. The third-order valence-corrected chi connectivity index (χ3v) is 3.61. The quantitative estimate of drug-likeness (QED) is 0.844. The van der Waals surface area contributed by atoms with Crippen molar-refractivity contribution in [3.63, 3.8) is 0 Å². The number of halogens is 1. The number of nitriles is 1. The predicted octanol–water partition coefficient (Wildman–Crippen LogP) is 2.66. The van der Waals surface area contributed by atoms with Crippen molar-refractivity contribution in [1.82, 2.24) is 4.98 Å². The molecule has 0 unspecified atom stereocenters. The highest BCUT2D eigenvalue weighted by Crippen LogP contribution is 2.45. The number of phenolic OH excluding ortho intramolecular Hbond substituents is 1. The topological polar surface area (TPSA) is 92.2 Å². The summed E-state index contributed by atoms with van der Waals surface area (Å²) in [4.78, 5) is 4.07. The number of allylic oxidation sites excluding steroid dienone is 1. The summed E-state index contributed by atoms with van der Waals surface area (Å²) in [6.45, 7) is 0. The lowest BCUT2D eigenvalue weighted by molar-refractivity contribution is 0.388. The number of ether oxygens (including phenoxy) is 1. The summed E-state index contributed by atoms with van der Waals surface area (Å²) in [5.74, 6) is -0.137. The van der Waals surface area contributed by atoms with Gasteiger partial charge in [0.2, 0.25) is 5.88 Å². The molecular formula is C15H10ClN3O2. The summed E-state index contributed by atoms with van der Waals surface area (Å²) in [7, 11) is 0. The van der Waals surface area contributed by atoms with Gasteiger partial charge in [0.1, 0.15) is 23.1 Å². The van der Waals surface area contributed by atoms with Gasteiger partial charge in [-0.2, -0.15) is 5.26 Å². The number of nitrogens with two attached hydrogens (primary N) is 1. The Hall–Kier alpha value is -2.71. The molecule has 0 bridgehead atoms. The largest absolute Gasteiger partial charge is 0.506 e. The van der Waals surface area contributed by atoms with Gasteiger partial charge in [-0.1, -0.05) is 17.7 Å².